The van der Waals surface area contributed by atoms with E-state index in [9.17, 15) is 4.79 Å². The number of anilines is 1. The Morgan fingerprint density at radius 3 is 2.12 bits per heavy atom. The van der Waals surface area contributed by atoms with Crippen LogP contribution in [0.15, 0.2) is 42.5 Å². The highest BCUT2D eigenvalue weighted by Gasteiger charge is 2.13. The first kappa shape index (κ1) is 20.2. The maximum atomic E-state index is 12.5. The average Bonchev–Trinajstić information content (AvgIpc) is 2.54. The van der Waals surface area contributed by atoms with Gasteiger partial charge in [0.2, 0.25) is 0 Å². The minimum Gasteiger partial charge on any atom is -0.326 e. The zero-order valence-corrected chi connectivity index (χ0v) is 15.6. The molecule has 2 aromatic carbocycles. The normalized spacial score (nSPS) is 10.6. The number of carbonyl (C=O) groups excluding carboxylic acids is 1. The first-order valence-corrected chi connectivity index (χ1v) is 8.16. The highest BCUT2D eigenvalue weighted by molar-refractivity contribution is 6.04. The highest BCUT2D eigenvalue weighted by Crippen LogP contribution is 2.28. The molecular weight excluding hydrogens is 320 g/mol. The van der Waals surface area contributed by atoms with Gasteiger partial charge in [-0.15, -0.1) is 12.4 Å². The molecule has 3 nitrogen and oxygen atoms in total. The number of rotatable bonds is 5. The Morgan fingerprint density at radius 2 is 1.62 bits per heavy atom. The van der Waals surface area contributed by atoms with Gasteiger partial charge in [-0.05, 0) is 46.7 Å². The highest BCUT2D eigenvalue weighted by atomic mass is 35.5. The van der Waals surface area contributed by atoms with Crippen molar-refractivity contribution in [2.45, 2.75) is 46.1 Å². The van der Waals surface area contributed by atoms with Crippen molar-refractivity contribution >= 4 is 24.0 Å². The van der Waals surface area contributed by atoms with Crippen molar-refractivity contribution in [2.75, 3.05) is 5.32 Å². The summed E-state index contributed by atoms with van der Waals surface area (Å²) in [5, 5.41) is 3.04. The SMILES string of the molecule is CC(C)c1ccc(NC(=O)c2ccc(CN)cc2)c(C(C)C)c1.Cl. The van der Waals surface area contributed by atoms with Gasteiger partial charge in [-0.25, -0.2) is 0 Å². The lowest BCUT2D eigenvalue weighted by molar-refractivity contribution is 0.102. The molecule has 130 valence electrons. The average molecular weight is 347 g/mol. The maximum Gasteiger partial charge on any atom is 0.255 e. The molecule has 0 unspecified atom stereocenters. The summed E-state index contributed by atoms with van der Waals surface area (Å²) in [4.78, 5) is 12.5. The number of benzene rings is 2. The molecule has 3 N–H and O–H groups in total. The molecule has 0 aromatic heterocycles. The van der Waals surface area contributed by atoms with Crippen LogP contribution in [0.1, 0.15) is 66.6 Å². The summed E-state index contributed by atoms with van der Waals surface area (Å²) in [6.07, 6.45) is 0. The molecule has 0 atom stereocenters. The fourth-order valence-corrected chi connectivity index (χ4v) is 2.52. The molecule has 0 aliphatic carbocycles. The molecule has 4 heteroatoms. The molecular formula is C20H27ClN2O. The van der Waals surface area contributed by atoms with Crippen LogP contribution in [0.3, 0.4) is 0 Å². The first-order valence-electron chi connectivity index (χ1n) is 8.16. The third kappa shape index (κ3) is 4.83. The van der Waals surface area contributed by atoms with Crippen molar-refractivity contribution in [2.24, 2.45) is 5.73 Å². The molecule has 0 bridgehead atoms. The van der Waals surface area contributed by atoms with Crippen LogP contribution in [0.5, 0.6) is 0 Å². The molecule has 0 radical (unpaired) electrons. The van der Waals surface area contributed by atoms with Crippen molar-refractivity contribution in [1.29, 1.82) is 0 Å². The van der Waals surface area contributed by atoms with Gasteiger partial charge in [0.15, 0.2) is 0 Å². The standard InChI is InChI=1S/C20H26N2O.ClH/c1-13(2)17-9-10-19(18(11-17)14(3)4)22-20(23)16-7-5-15(12-21)6-8-16;/h5-11,13-14H,12,21H2,1-4H3,(H,22,23);1H. The van der Waals surface area contributed by atoms with Crippen LogP contribution in [0.2, 0.25) is 0 Å². The second kappa shape index (κ2) is 8.86. The molecule has 0 spiro atoms. The summed E-state index contributed by atoms with van der Waals surface area (Å²) < 4.78 is 0. The zero-order chi connectivity index (χ0) is 17.0. The Labute approximate surface area is 151 Å². The van der Waals surface area contributed by atoms with Gasteiger partial charge in [0, 0.05) is 17.8 Å². The van der Waals surface area contributed by atoms with Crippen LogP contribution in [-0.2, 0) is 6.54 Å². The quantitative estimate of drug-likeness (QED) is 0.794. The van der Waals surface area contributed by atoms with E-state index in [0.717, 1.165) is 11.3 Å². The number of carbonyl (C=O) groups is 1. The van der Waals surface area contributed by atoms with Crippen molar-refractivity contribution in [3.05, 3.63) is 64.7 Å². The largest absolute Gasteiger partial charge is 0.326 e. The first-order chi connectivity index (χ1) is 10.9. The Morgan fingerprint density at radius 1 is 1.00 bits per heavy atom. The molecule has 0 fully saturated rings. The predicted octanol–water partition coefficient (Wildman–Crippen LogP) is 5.07. The fourth-order valence-electron chi connectivity index (χ4n) is 2.52. The number of hydrogen-bond acceptors (Lipinski definition) is 2. The maximum absolute atomic E-state index is 12.5. The minimum absolute atomic E-state index is 0. The van der Waals surface area contributed by atoms with E-state index < -0.39 is 0 Å². The molecule has 0 aliphatic rings. The van der Waals surface area contributed by atoms with Crippen LogP contribution >= 0.6 is 12.4 Å². The number of amides is 1. The van der Waals surface area contributed by atoms with Gasteiger partial charge in [0.25, 0.3) is 5.91 Å². The molecule has 1 amide bonds. The fraction of sp³-hybridized carbons (Fsp3) is 0.350. The van der Waals surface area contributed by atoms with E-state index in [-0.39, 0.29) is 18.3 Å². The van der Waals surface area contributed by atoms with E-state index in [0.29, 0.717) is 23.9 Å². The monoisotopic (exact) mass is 346 g/mol. The van der Waals surface area contributed by atoms with Gasteiger partial charge in [-0.3, -0.25) is 4.79 Å². The lowest BCUT2D eigenvalue weighted by Gasteiger charge is -2.17. The molecule has 2 rings (SSSR count). The molecule has 24 heavy (non-hydrogen) atoms. The van der Waals surface area contributed by atoms with Crippen LogP contribution in [0.25, 0.3) is 0 Å². The van der Waals surface area contributed by atoms with Gasteiger partial charge in [-0.2, -0.15) is 0 Å². The Kier molecular flexibility index (Phi) is 7.46. The third-order valence-electron chi connectivity index (χ3n) is 4.06. The van der Waals surface area contributed by atoms with Crippen LogP contribution in [0.4, 0.5) is 5.69 Å². The van der Waals surface area contributed by atoms with Gasteiger partial charge >= 0.3 is 0 Å². The van der Waals surface area contributed by atoms with Crippen molar-refractivity contribution in [3.8, 4) is 0 Å². The number of nitrogens with two attached hydrogens (primary N) is 1. The third-order valence-corrected chi connectivity index (χ3v) is 4.06. The van der Waals surface area contributed by atoms with E-state index in [4.69, 9.17) is 5.73 Å². The summed E-state index contributed by atoms with van der Waals surface area (Å²) in [7, 11) is 0. The summed E-state index contributed by atoms with van der Waals surface area (Å²) in [5.41, 5.74) is 10.6. The number of hydrogen-bond donors (Lipinski definition) is 2. The second-order valence-electron chi connectivity index (χ2n) is 6.51. The van der Waals surface area contributed by atoms with E-state index >= 15 is 0 Å². The van der Waals surface area contributed by atoms with Crippen LogP contribution in [-0.4, -0.2) is 5.91 Å². The molecule has 0 saturated heterocycles. The predicted molar refractivity (Wildman–Crippen MR) is 104 cm³/mol. The number of nitrogens with one attached hydrogen (secondary N) is 1. The Bertz CT molecular complexity index is 679. The minimum atomic E-state index is -0.0900. The van der Waals surface area contributed by atoms with Crippen molar-refractivity contribution < 1.29 is 4.79 Å². The summed E-state index contributed by atoms with van der Waals surface area (Å²) in [5.74, 6) is 0.734. The van der Waals surface area contributed by atoms with Crippen molar-refractivity contribution in [1.82, 2.24) is 0 Å². The smallest absolute Gasteiger partial charge is 0.255 e. The van der Waals surface area contributed by atoms with E-state index in [1.165, 1.54) is 11.1 Å². The lowest BCUT2D eigenvalue weighted by Crippen LogP contribution is -2.14. The van der Waals surface area contributed by atoms with Crippen LogP contribution in [0, 0.1) is 0 Å². The zero-order valence-electron chi connectivity index (χ0n) is 14.8. The summed E-state index contributed by atoms with van der Waals surface area (Å²) >= 11 is 0. The van der Waals surface area contributed by atoms with Crippen molar-refractivity contribution in [3.63, 3.8) is 0 Å². The second-order valence-corrected chi connectivity index (χ2v) is 6.51. The summed E-state index contributed by atoms with van der Waals surface area (Å²) in [6.45, 7) is 9.12. The lowest BCUT2D eigenvalue weighted by atomic mass is 9.94. The van der Waals surface area contributed by atoms with E-state index in [2.05, 4.69) is 45.1 Å². The van der Waals surface area contributed by atoms with Gasteiger partial charge in [0.1, 0.15) is 0 Å². The van der Waals surface area contributed by atoms with Gasteiger partial charge in [-0.1, -0.05) is 52.0 Å². The molecule has 0 saturated carbocycles. The molecule has 0 aliphatic heterocycles. The van der Waals surface area contributed by atoms with Crippen LogP contribution < -0.4 is 11.1 Å². The topological polar surface area (TPSA) is 55.1 Å². The Hall–Kier alpha value is -1.84. The van der Waals surface area contributed by atoms with Gasteiger partial charge < -0.3 is 11.1 Å². The Balaban J connectivity index is 0.00000288. The molecule has 0 heterocycles. The van der Waals surface area contributed by atoms with E-state index in [1.807, 2.05) is 30.3 Å². The van der Waals surface area contributed by atoms with Gasteiger partial charge in [0.05, 0.1) is 0 Å². The van der Waals surface area contributed by atoms with E-state index in [1.54, 1.807) is 0 Å². The number of halogens is 1. The molecule has 2 aromatic rings. The summed E-state index contributed by atoms with van der Waals surface area (Å²) in [6, 6.07) is 13.7.